The number of piperidine rings is 1. The van der Waals surface area contributed by atoms with Crippen molar-refractivity contribution in [3.8, 4) is 11.4 Å². The van der Waals surface area contributed by atoms with E-state index in [0.29, 0.717) is 18.9 Å². The van der Waals surface area contributed by atoms with Crippen LogP contribution in [0.5, 0.6) is 0 Å². The summed E-state index contributed by atoms with van der Waals surface area (Å²) in [5, 5.41) is 7.36. The van der Waals surface area contributed by atoms with E-state index >= 15 is 0 Å². The van der Waals surface area contributed by atoms with Gasteiger partial charge in [0.1, 0.15) is 5.82 Å². The first-order valence-corrected chi connectivity index (χ1v) is 8.71. The van der Waals surface area contributed by atoms with Crippen molar-refractivity contribution >= 4 is 11.8 Å². The zero-order valence-corrected chi connectivity index (χ0v) is 14.9. The molecule has 2 amide bonds. The number of hydrogen-bond acceptors (Lipinski definition) is 4. The van der Waals surface area contributed by atoms with Crippen LogP contribution in [-0.2, 0) is 9.59 Å². The zero-order chi connectivity index (χ0) is 18.5. The average Bonchev–Trinajstić information content (AvgIpc) is 3.18. The molecule has 2 heterocycles. The molecule has 7 heteroatoms. The fourth-order valence-electron chi connectivity index (χ4n) is 3.11. The molecule has 2 aromatic rings. The lowest BCUT2D eigenvalue weighted by Gasteiger charge is -2.32. The maximum atomic E-state index is 12.3. The van der Waals surface area contributed by atoms with E-state index in [0.717, 1.165) is 24.2 Å². The summed E-state index contributed by atoms with van der Waals surface area (Å²) in [6.45, 7) is 4.82. The van der Waals surface area contributed by atoms with E-state index in [1.807, 2.05) is 30.3 Å². The number of benzene rings is 1. The molecule has 1 saturated heterocycles. The number of nitrogens with zero attached hydrogens (tertiary/aromatic N) is 4. The molecule has 1 aromatic carbocycles. The van der Waals surface area contributed by atoms with E-state index in [1.54, 1.807) is 11.9 Å². The molecule has 26 heavy (non-hydrogen) atoms. The first-order valence-electron chi connectivity index (χ1n) is 8.71. The highest BCUT2D eigenvalue weighted by molar-refractivity contribution is 5.90. The van der Waals surface area contributed by atoms with Crippen molar-refractivity contribution in [1.29, 1.82) is 0 Å². The van der Waals surface area contributed by atoms with E-state index in [1.165, 1.54) is 11.0 Å². The van der Waals surface area contributed by atoms with Crippen LogP contribution < -0.4 is 0 Å². The summed E-state index contributed by atoms with van der Waals surface area (Å²) in [6.07, 6.45) is 2.87. The highest BCUT2D eigenvalue weighted by Gasteiger charge is 2.26. The summed E-state index contributed by atoms with van der Waals surface area (Å²) >= 11 is 0. The second kappa shape index (κ2) is 7.95. The number of hydrogen-bond donors (Lipinski definition) is 1. The molecule has 0 aliphatic carbocycles. The molecule has 1 fully saturated rings. The summed E-state index contributed by atoms with van der Waals surface area (Å²) in [6, 6.07) is 9.85. The average molecular weight is 353 g/mol. The maximum absolute atomic E-state index is 12.3. The Balaban J connectivity index is 1.56. The fraction of sp³-hybridized carbons (Fsp3) is 0.368. The molecular weight excluding hydrogens is 330 g/mol. The van der Waals surface area contributed by atoms with Gasteiger partial charge in [-0.15, -0.1) is 0 Å². The molecule has 0 unspecified atom stereocenters. The van der Waals surface area contributed by atoms with Gasteiger partial charge in [0.25, 0.3) is 0 Å². The van der Waals surface area contributed by atoms with Gasteiger partial charge in [-0.3, -0.25) is 14.7 Å². The van der Waals surface area contributed by atoms with Gasteiger partial charge in [0, 0.05) is 31.6 Å². The summed E-state index contributed by atoms with van der Waals surface area (Å²) in [4.78, 5) is 31.6. The highest BCUT2D eigenvalue weighted by Crippen LogP contribution is 2.27. The molecule has 136 valence electrons. The molecule has 1 aromatic heterocycles. The maximum Gasteiger partial charge on any atom is 0.246 e. The third kappa shape index (κ3) is 3.99. The largest absolute Gasteiger partial charge is 0.341 e. The molecule has 3 rings (SSSR count). The van der Waals surface area contributed by atoms with Gasteiger partial charge < -0.3 is 9.80 Å². The number of rotatable bonds is 5. The number of H-pyrrole nitrogens is 1. The van der Waals surface area contributed by atoms with Crippen molar-refractivity contribution in [3.63, 3.8) is 0 Å². The second-order valence-corrected chi connectivity index (χ2v) is 6.46. The van der Waals surface area contributed by atoms with E-state index in [9.17, 15) is 9.59 Å². The van der Waals surface area contributed by atoms with Gasteiger partial charge in [0.15, 0.2) is 5.82 Å². The van der Waals surface area contributed by atoms with E-state index in [2.05, 4.69) is 21.8 Å². The van der Waals surface area contributed by atoms with Gasteiger partial charge in [-0.2, -0.15) is 5.10 Å². The Morgan fingerprint density at radius 2 is 2.00 bits per heavy atom. The predicted octanol–water partition coefficient (Wildman–Crippen LogP) is 1.82. The number of aromatic amines is 1. The molecule has 1 aliphatic heterocycles. The Labute approximate surface area is 152 Å². The number of likely N-dealkylation sites (tertiary alicyclic amines) is 1. The highest BCUT2D eigenvalue weighted by atomic mass is 16.2. The molecule has 0 bridgehead atoms. The third-order valence-corrected chi connectivity index (χ3v) is 4.69. The van der Waals surface area contributed by atoms with Crippen LogP contribution in [0, 0.1) is 0 Å². The Morgan fingerprint density at radius 1 is 1.31 bits per heavy atom. The molecule has 0 radical (unpaired) electrons. The van der Waals surface area contributed by atoms with Crippen LogP contribution in [-0.4, -0.2) is 63.5 Å². The van der Waals surface area contributed by atoms with Crippen molar-refractivity contribution in [1.82, 2.24) is 25.0 Å². The normalized spacial score (nSPS) is 14.9. The van der Waals surface area contributed by atoms with E-state index < -0.39 is 0 Å². The molecule has 0 saturated carbocycles. The fourth-order valence-corrected chi connectivity index (χ4v) is 3.11. The molecule has 0 atom stereocenters. The minimum absolute atomic E-state index is 0.0382. The summed E-state index contributed by atoms with van der Waals surface area (Å²) in [5.41, 5.74) is 0.984. The van der Waals surface area contributed by atoms with Gasteiger partial charge in [0.2, 0.25) is 11.8 Å². The quantitative estimate of drug-likeness (QED) is 0.831. The van der Waals surface area contributed by atoms with Gasteiger partial charge in [-0.1, -0.05) is 36.9 Å². The van der Waals surface area contributed by atoms with Crippen molar-refractivity contribution in [3.05, 3.63) is 48.8 Å². The zero-order valence-electron chi connectivity index (χ0n) is 14.9. The number of nitrogens with one attached hydrogen (secondary N) is 1. The van der Waals surface area contributed by atoms with Gasteiger partial charge >= 0.3 is 0 Å². The molecule has 7 nitrogen and oxygen atoms in total. The lowest BCUT2D eigenvalue weighted by molar-refractivity contribution is -0.138. The van der Waals surface area contributed by atoms with Crippen LogP contribution in [0.1, 0.15) is 24.6 Å². The Morgan fingerprint density at radius 3 is 2.65 bits per heavy atom. The van der Waals surface area contributed by atoms with Gasteiger partial charge in [0.05, 0.1) is 6.54 Å². The lowest BCUT2D eigenvalue weighted by Crippen LogP contribution is -2.44. The Kier molecular flexibility index (Phi) is 5.46. The van der Waals surface area contributed by atoms with Crippen LogP contribution in [0.4, 0.5) is 0 Å². The number of aromatic nitrogens is 3. The van der Waals surface area contributed by atoms with Gasteiger partial charge in [-0.25, -0.2) is 4.98 Å². The Bertz CT molecular complexity index is 778. The number of likely N-dealkylation sites (N-methyl/N-ethyl adjacent to an activating group) is 1. The second-order valence-electron chi connectivity index (χ2n) is 6.46. The van der Waals surface area contributed by atoms with E-state index in [-0.39, 0.29) is 24.3 Å². The first-order chi connectivity index (χ1) is 12.6. The first kappa shape index (κ1) is 17.8. The summed E-state index contributed by atoms with van der Waals surface area (Å²) < 4.78 is 0. The predicted molar refractivity (Wildman–Crippen MR) is 98.2 cm³/mol. The summed E-state index contributed by atoms with van der Waals surface area (Å²) in [5.74, 6) is 1.54. The topological polar surface area (TPSA) is 82.2 Å². The SMILES string of the molecule is C=CC(=O)N(C)CC(=O)N1CCC(c2nc(-c3ccccc3)n[nH]2)CC1. The summed E-state index contributed by atoms with van der Waals surface area (Å²) in [7, 11) is 1.61. The van der Waals surface area contributed by atoms with Crippen molar-refractivity contribution in [2.24, 2.45) is 0 Å². The van der Waals surface area contributed by atoms with Crippen LogP contribution in [0.3, 0.4) is 0 Å². The van der Waals surface area contributed by atoms with Crippen LogP contribution in [0.2, 0.25) is 0 Å². The third-order valence-electron chi connectivity index (χ3n) is 4.69. The standard InChI is InChI=1S/C19H23N5O2/c1-3-16(25)23(2)13-17(26)24-11-9-15(10-12-24)19-20-18(21-22-19)14-7-5-4-6-8-14/h3-8,15H,1,9-13H2,2H3,(H,20,21,22). The van der Waals surface area contributed by atoms with Gasteiger partial charge in [-0.05, 0) is 18.9 Å². The van der Waals surface area contributed by atoms with Crippen LogP contribution in [0.25, 0.3) is 11.4 Å². The van der Waals surface area contributed by atoms with Crippen molar-refractivity contribution < 1.29 is 9.59 Å². The molecule has 1 aliphatic rings. The lowest BCUT2D eigenvalue weighted by atomic mass is 9.96. The number of amides is 2. The van der Waals surface area contributed by atoms with Crippen LogP contribution >= 0.6 is 0 Å². The number of carbonyl (C=O) groups is 2. The van der Waals surface area contributed by atoms with Crippen molar-refractivity contribution in [2.45, 2.75) is 18.8 Å². The van der Waals surface area contributed by atoms with Crippen molar-refractivity contribution in [2.75, 3.05) is 26.7 Å². The molecule has 1 N–H and O–H groups in total. The number of carbonyl (C=O) groups excluding carboxylic acids is 2. The van der Waals surface area contributed by atoms with E-state index in [4.69, 9.17) is 0 Å². The monoisotopic (exact) mass is 353 g/mol. The molecular formula is C19H23N5O2. The van der Waals surface area contributed by atoms with Crippen LogP contribution in [0.15, 0.2) is 43.0 Å². The minimum atomic E-state index is -0.247. The Hall–Kier alpha value is -2.96. The molecule has 0 spiro atoms. The smallest absolute Gasteiger partial charge is 0.246 e. The minimum Gasteiger partial charge on any atom is -0.341 e.